The highest BCUT2D eigenvalue weighted by Crippen LogP contribution is 2.32. The zero-order valence-corrected chi connectivity index (χ0v) is 7.73. The van der Waals surface area contributed by atoms with E-state index < -0.39 is 0 Å². The Labute approximate surface area is 82.3 Å². The third kappa shape index (κ3) is 1.33. The lowest BCUT2D eigenvalue weighted by atomic mass is 10.1. The largest absolute Gasteiger partial charge is 0.395 e. The molecule has 1 heterocycles. The van der Waals surface area contributed by atoms with Crippen molar-refractivity contribution in [2.75, 3.05) is 18.1 Å². The van der Waals surface area contributed by atoms with Crippen molar-refractivity contribution in [1.29, 1.82) is 0 Å². The number of aliphatic hydroxyl groups excluding tert-OH is 1. The maximum Gasteiger partial charge on any atom is 0.146 e. The van der Waals surface area contributed by atoms with Crippen LogP contribution in [0.2, 0.25) is 0 Å². The van der Waals surface area contributed by atoms with Gasteiger partial charge in [-0.15, -0.1) is 0 Å². The molecule has 1 aromatic rings. The van der Waals surface area contributed by atoms with Crippen LogP contribution in [0, 0.1) is 0 Å². The third-order valence-corrected chi connectivity index (χ3v) is 2.41. The van der Waals surface area contributed by atoms with E-state index in [9.17, 15) is 4.79 Å². The van der Waals surface area contributed by atoms with Crippen molar-refractivity contribution >= 4 is 11.6 Å². The van der Waals surface area contributed by atoms with Gasteiger partial charge in [0.15, 0.2) is 0 Å². The van der Waals surface area contributed by atoms with E-state index in [1.165, 1.54) is 0 Å². The average Bonchev–Trinajstić information content (AvgIpc) is 2.58. The molecule has 1 N–H and O–H groups in total. The van der Waals surface area contributed by atoms with E-state index >= 15 is 0 Å². The number of rotatable bonds is 2. The van der Waals surface area contributed by atoms with Crippen molar-refractivity contribution in [3.63, 3.8) is 0 Å². The fourth-order valence-electron chi connectivity index (χ4n) is 1.79. The predicted octanol–water partition coefficient (Wildman–Crippen LogP) is 0.757. The summed E-state index contributed by atoms with van der Waals surface area (Å²) in [6, 6.07) is 7.82. The number of hydrogen-bond acceptors (Lipinski definition) is 3. The SMILES string of the molecule is O=C=C1Cc2ccccc2N1CCO. The van der Waals surface area contributed by atoms with Crippen molar-refractivity contribution in [3.8, 4) is 0 Å². The second-order valence-corrected chi connectivity index (χ2v) is 3.23. The van der Waals surface area contributed by atoms with Crippen LogP contribution in [0.3, 0.4) is 0 Å². The van der Waals surface area contributed by atoms with Crippen LogP contribution in [0.25, 0.3) is 0 Å². The molecule has 3 heteroatoms. The van der Waals surface area contributed by atoms with Gasteiger partial charge in [0.25, 0.3) is 0 Å². The Balaban J connectivity index is 2.42. The lowest BCUT2D eigenvalue weighted by Crippen LogP contribution is -2.22. The Hall–Kier alpha value is -1.57. The van der Waals surface area contributed by atoms with Crippen LogP contribution in [0.15, 0.2) is 30.0 Å². The molecule has 1 aliphatic heterocycles. The van der Waals surface area contributed by atoms with Crippen molar-refractivity contribution in [2.24, 2.45) is 0 Å². The molecule has 14 heavy (non-hydrogen) atoms. The molecule has 1 aliphatic rings. The molecule has 0 atom stereocenters. The number of fused-ring (bicyclic) bond motifs is 1. The first-order chi connectivity index (χ1) is 6.86. The number of hydrogen-bond donors (Lipinski definition) is 1. The summed E-state index contributed by atoms with van der Waals surface area (Å²) in [4.78, 5) is 12.5. The summed E-state index contributed by atoms with van der Waals surface area (Å²) in [5, 5.41) is 8.88. The zero-order chi connectivity index (χ0) is 9.97. The summed E-state index contributed by atoms with van der Waals surface area (Å²) in [7, 11) is 0. The van der Waals surface area contributed by atoms with Gasteiger partial charge in [0.1, 0.15) is 11.6 Å². The number of nitrogens with zero attached hydrogens (tertiary/aromatic N) is 1. The van der Waals surface area contributed by atoms with Crippen molar-refractivity contribution in [1.82, 2.24) is 0 Å². The Morgan fingerprint density at radius 2 is 2.21 bits per heavy atom. The van der Waals surface area contributed by atoms with Crippen molar-refractivity contribution in [3.05, 3.63) is 35.5 Å². The topological polar surface area (TPSA) is 40.5 Å². The molecule has 0 spiro atoms. The average molecular weight is 189 g/mol. The van der Waals surface area contributed by atoms with Gasteiger partial charge in [-0.3, -0.25) is 0 Å². The lowest BCUT2D eigenvalue weighted by molar-refractivity contribution is 0.305. The summed E-state index contributed by atoms with van der Waals surface area (Å²) >= 11 is 0. The normalized spacial score (nSPS) is 14.1. The van der Waals surface area contributed by atoms with E-state index in [2.05, 4.69) is 0 Å². The highest BCUT2D eigenvalue weighted by Gasteiger charge is 2.23. The standard InChI is InChI=1S/C11H11NO2/c13-6-5-12-10(8-14)7-9-3-1-2-4-11(9)12/h1-4,13H,5-7H2. The number of aliphatic hydroxyl groups is 1. The molecule has 0 unspecified atom stereocenters. The summed E-state index contributed by atoms with van der Waals surface area (Å²) < 4.78 is 0. The van der Waals surface area contributed by atoms with Gasteiger partial charge in [-0.25, -0.2) is 4.79 Å². The van der Waals surface area contributed by atoms with Crippen molar-refractivity contribution < 1.29 is 9.90 Å². The number of para-hydroxylation sites is 1. The third-order valence-electron chi connectivity index (χ3n) is 2.41. The first kappa shape index (κ1) is 9.00. The molecule has 1 aromatic carbocycles. The number of β-amino-alcohol motifs (C(OH)–C–C–N with tert-alkyl or cyclic N) is 1. The lowest BCUT2D eigenvalue weighted by Gasteiger charge is -2.17. The molecule has 0 radical (unpaired) electrons. The van der Waals surface area contributed by atoms with Gasteiger partial charge in [-0.05, 0) is 11.6 Å². The molecule has 0 aliphatic carbocycles. The number of carbonyl (C=O) groups excluding carboxylic acids is 1. The molecule has 0 saturated heterocycles. The van der Waals surface area contributed by atoms with E-state index in [4.69, 9.17) is 5.11 Å². The van der Waals surface area contributed by atoms with Crippen LogP contribution < -0.4 is 4.90 Å². The first-order valence-electron chi connectivity index (χ1n) is 4.57. The van der Waals surface area contributed by atoms with E-state index in [1.54, 1.807) is 0 Å². The Bertz CT molecular complexity index is 394. The number of benzene rings is 1. The molecule has 0 fully saturated rings. The monoisotopic (exact) mass is 189 g/mol. The molecule has 0 bridgehead atoms. The zero-order valence-electron chi connectivity index (χ0n) is 7.73. The summed E-state index contributed by atoms with van der Waals surface area (Å²) in [6.07, 6.45) is 0.625. The highest BCUT2D eigenvalue weighted by molar-refractivity contribution is 5.73. The van der Waals surface area contributed by atoms with E-state index in [0.29, 0.717) is 18.7 Å². The Morgan fingerprint density at radius 1 is 1.43 bits per heavy atom. The fourth-order valence-corrected chi connectivity index (χ4v) is 1.79. The second kappa shape index (κ2) is 3.66. The van der Waals surface area contributed by atoms with Crippen molar-refractivity contribution in [2.45, 2.75) is 6.42 Å². The molecular weight excluding hydrogens is 178 g/mol. The molecule has 3 nitrogen and oxygen atoms in total. The maximum atomic E-state index is 10.7. The van der Waals surface area contributed by atoms with Crippen LogP contribution in [-0.4, -0.2) is 24.2 Å². The minimum Gasteiger partial charge on any atom is -0.395 e. The van der Waals surface area contributed by atoms with Gasteiger partial charge in [0.05, 0.1) is 6.61 Å². The summed E-state index contributed by atoms with van der Waals surface area (Å²) in [6.45, 7) is 0.501. The van der Waals surface area contributed by atoms with Crippen LogP contribution >= 0.6 is 0 Å². The van der Waals surface area contributed by atoms with Gasteiger partial charge in [0, 0.05) is 18.7 Å². The smallest absolute Gasteiger partial charge is 0.146 e. The summed E-state index contributed by atoms with van der Waals surface area (Å²) in [5.74, 6) is 1.93. The predicted molar refractivity (Wildman–Crippen MR) is 53.8 cm³/mol. The molecule has 2 rings (SSSR count). The Kier molecular flexibility index (Phi) is 2.35. The van der Waals surface area contributed by atoms with Crippen LogP contribution in [0.4, 0.5) is 5.69 Å². The maximum absolute atomic E-state index is 10.7. The van der Waals surface area contributed by atoms with Gasteiger partial charge in [0.2, 0.25) is 0 Å². The van der Waals surface area contributed by atoms with Gasteiger partial charge >= 0.3 is 0 Å². The van der Waals surface area contributed by atoms with Gasteiger partial charge in [-0.2, -0.15) is 0 Å². The second-order valence-electron chi connectivity index (χ2n) is 3.23. The van der Waals surface area contributed by atoms with Crippen LogP contribution in [0.1, 0.15) is 5.56 Å². The van der Waals surface area contributed by atoms with E-state index in [1.807, 2.05) is 35.1 Å². The van der Waals surface area contributed by atoms with E-state index in [0.717, 1.165) is 11.3 Å². The molecule has 0 amide bonds. The van der Waals surface area contributed by atoms with E-state index in [-0.39, 0.29) is 6.61 Å². The molecule has 0 saturated carbocycles. The summed E-state index contributed by atoms with van der Waals surface area (Å²) in [5.41, 5.74) is 2.75. The van der Waals surface area contributed by atoms with Crippen LogP contribution in [0.5, 0.6) is 0 Å². The number of anilines is 1. The molecular formula is C11H11NO2. The number of allylic oxidation sites excluding steroid dienone is 1. The van der Waals surface area contributed by atoms with Gasteiger partial charge < -0.3 is 10.0 Å². The quantitative estimate of drug-likeness (QED) is 0.698. The first-order valence-corrected chi connectivity index (χ1v) is 4.57. The van der Waals surface area contributed by atoms with Crippen LogP contribution in [-0.2, 0) is 11.2 Å². The highest BCUT2D eigenvalue weighted by atomic mass is 16.3. The minimum absolute atomic E-state index is 0.0412. The molecule has 72 valence electrons. The Morgan fingerprint density at radius 3 is 2.93 bits per heavy atom. The fraction of sp³-hybridized carbons (Fsp3) is 0.273. The minimum atomic E-state index is 0.0412. The van der Waals surface area contributed by atoms with Gasteiger partial charge in [-0.1, -0.05) is 18.2 Å². The molecule has 0 aromatic heterocycles.